The lowest BCUT2D eigenvalue weighted by Gasteiger charge is -2.06. The van der Waals surface area contributed by atoms with E-state index in [1.165, 1.54) is 24.3 Å². The molecule has 3 aromatic rings. The van der Waals surface area contributed by atoms with Crippen LogP contribution in [-0.4, -0.2) is 31.6 Å². The summed E-state index contributed by atoms with van der Waals surface area (Å²) in [5, 5.41) is 5.05. The van der Waals surface area contributed by atoms with Crippen LogP contribution in [0, 0.1) is 0 Å². The zero-order valence-corrected chi connectivity index (χ0v) is 17.6. The van der Waals surface area contributed by atoms with Gasteiger partial charge in [0.05, 0.1) is 25.7 Å². The van der Waals surface area contributed by atoms with Crippen molar-refractivity contribution in [1.82, 2.24) is 10.3 Å². The fourth-order valence-electron chi connectivity index (χ4n) is 2.16. The molecule has 0 atom stereocenters. The Kier molecular flexibility index (Phi) is 5.52. The van der Waals surface area contributed by atoms with E-state index in [4.69, 9.17) is 11.6 Å². The average Bonchev–Trinajstić information content (AvgIpc) is 2.97. The van der Waals surface area contributed by atoms with Crippen LogP contribution < -0.4 is 10.6 Å². The maximum Gasteiger partial charge on any atom is 0.327 e. The van der Waals surface area contributed by atoms with Gasteiger partial charge in [-0.3, -0.25) is 15.4 Å². The maximum absolute atomic E-state index is 12.2. The summed E-state index contributed by atoms with van der Waals surface area (Å²) in [6.45, 7) is 0. The first-order valence-electron chi connectivity index (χ1n) is 7.31. The Labute approximate surface area is 171 Å². The molecule has 0 fully saturated rings. The number of fused-ring (bicyclic) bond motifs is 1. The van der Waals surface area contributed by atoms with Gasteiger partial charge in [0.1, 0.15) is 0 Å². The number of halogens is 2. The van der Waals surface area contributed by atoms with Gasteiger partial charge in [-0.25, -0.2) is 18.2 Å². The number of benzene rings is 2. The van der Waals surface area contributed by atoms with Gasteiger partial charge in [-0.2, -0.15) is 0 Å². The zero-order valence-electron chi connectivity index (χ0n) is 13.6. The van der Waals surface area contributed by atoms with Crippen molar-refractivity contribution in [2.24, 2.45) is 0 Å². The molecular formula is C16H11BrClN3O4S2. The number of anilines is 1. The Morgan fingerprint density at radius 2 is 1.93 bits per heavy atom. The molecule has 0 aliphatic heterocycles. The number of sulfone groups is 1. The molecule has 0 radical (unpaired) electrons. The second-order valence-electron chi connectivity index (χ2n) is 5.45. The minimum absolute atomic E-state index is 0.142. The number of amides is 3. The van der Waals surface area contributed by atoms with Crippen LogP contribution in [0.15, 0.2) is 45.8 Å². The largest absolute Gasteiger partial charge is 0.327 e. The number of hydrogen-bond acceptors (Lipinski definition) is 6. The predicted octanol–water partition coefficient (Wildman–Crippen LogP) is 4.08. The fraction of sp³-hybridized carbons (Fsp3) is 0.0625. The molecule has 27 heavy (non-hydrogen) atoms. The summed E-state index contributed by atoms with van der Waals surface area (Å²) in [4.78, 5) is 28.6. The first kappa shape index (κ1) is 19.7. The van der Waals surface area contributed by atoms with E-state index in [1.54, 1.807) is 12.1 Å². The summed E-state index contributed by atoms with van der Waals surface area (Å²) < 4.78 is 24.5. The third-order valence-electron chi connectivity index (χ3n) is 3.41. The lowest BCUT2D eigenvalue weighted by Crippen LogP contribution is -2.34. The average molecular weight is 489 g/mol. The van der Waals surface area contributed by atoms with E-state index < -0.39 is 21.8 Å². The molecule has 0 aliphatic carbocycles. The molecule has 3 amide bonds. The van der Waals surface area contributed by atoms with Gasteiger partial charge in [0.15, 0.2) is 15.0 Å². The van der Waals surface area contributed by atoms with E-state index >= 15 is 0 Å². The van der Waals surface area contributed by atoms with Gasteiger partial charge >= 0.3 is 6.03 Å². The quantitative estimate of drug-likeness (QED) is 0.578. The van der Waals surface area contributed by atoms with Crippen molar-refractivity contribution in [3.8, 4) is 0 Å². The first-order valence-corrected chi connectivity index (χ1v) is 11.2. The molecule has 0 saturated heterocycles. The van der Waals surface area contributed by atoms with Crippen molar-refractivity contribution in [2.45, 2.75) is 4.90 Å². The van der Waals surface area contributed by atoms with E-state index in [9.17, 15) is 18.0 Å². The number of nitrogens with zero attached hydrogens (tertiary/aromatic N) is 1. The van der Waals surface area contributed by atoms with Gasteiger partial charge in [0.2, 0.25) is 0 Å². The van der Waals surface area contributed by atoms with Crippen LogP contribution in [0.2, 0.25) is 5.02 Å². The maximum atomic E-state index is 12.2. The third-order valence-corrected chi connectivity index (χ3v) is 6.28. The molecule has 0 bridgehead atoms. The highest BCUT2D eigenvalue weighted by Crippen LogP contribution is 2.28. The van der Waals surface area contributed by atoms with E-state index in [-0.39, 0.29) is 20.6 Å². The monoisotopic (exact) mass is 487 g/mol. The van der Waals surface area contributed by atoms with Crippen LogP contribution in [0.5, 0.6) is 0 Å². The SMILES string of the molecule is CS(=O)(=O)c1ccc2nc(NC(=O)NC(=O)c3cc(Br)ccc3Cl)sc2c1. The van der Waals surface area contributed by atoms with Crippen LogP contribution >= 0.6 is 38.9 Å². The second-order valence-corrected chi connectivity index (χ2v) is 9.82. The number of carbonyl (C=O) groups is 2. The van der Waals surface area contributed by atoms with Crippen LogP contribution in [0.3, 0.4) is 0 Å². The van der Waals surface area contributed by atoms with Crippen molar-refractivity contribution < 1.29 is 18.0 Å². The zero-order chi connectivity index (χ0) is 19.8. The number of nitrogens with one attached hydrogen (secondary N) is 2. The lowest BCUT2D eigenvalue weighted by molar-refractivity contribution is 0.0967. The van der Waals surface area contributed by atoms with Gasteiger partial charge in [0, 0.05) is 10.7 Å². The molecule has 11 heteroatoms. The van der Waals surface area contributed by atoms with Crippen molar-refractivity contribution in [3.63, 3.8) is 0 Å². The summed E-state index contributed by atoms with van der Waals surface area (Å²) >= 11 is 10.3. The number of urea groups is 1. The van der Waals surface area contributed by atoms with Crippen molar-refractivity contribution in [2.75, 3.05) is 11.6 Å². The van der Waals surface area contributed by atoms with Gasteiger partial charge in [0.25, 0.3) is 5.91 Å². The van der Waals surface area contributed by atoms with Crippen molar-refractivity contribution in [3.05, 3.63) is 51.5 Å². The van der Waals surface area contributed by atoms with Crippen LogP contribution in [0.25, 0.3) is 10.2 Å². The highest BCUT2D eigenvalue weighted by atomic mass is 79.9. The summed E-state index contributed by atoms with van der Waals surface area (Å²) in [5.41, 5.74) is 0.673. The molecule has 140 valence electrons. The molecule has 0 unspecified atom stereocenters. The smallest absolute Gasteiger partial charge is 0.283 e. The lowest BCUT2D eigenvalue weighted by atomic mass is 10.2. The summed E-state index contributed by atoms with van der Waals surface area (Å²) in [6, 6.07) is 8.40. The van der Waals surface area contributed by atoms with E-state index in [0.29, 0.717) is 14.7 Å². The van der Waals surface area contributed by atoms with Gasteiger partial charge in [-0.1, -0.05) is 38.9 Å². The first-order chi connectivity index (χ1) is 12.6. The van der Waals surface area contributed by atoms with Gasteiger partial charge < -0.3 is 0 Å². The number of thiazole rings is 1. The summed E-state index contributed by atoms with van der Waals surface area (Å²) in [5.74, 6) is -0.667. The van der Waals surface area contributed by atoms with Gasteiger partial charge in [-0.15, -0.1) is 0 Å². The van der Waals surface area contributed by atoms with Crippen LogP contribution in [0.4, 0.5) is 9.93 Å². The number of rotatable bonds is 3. The molecule has 0 saturated carbocycles. The Morgan fingerprint density at radius 1 is 1.19 bits per heavy atom. The molecular weight excluding hydrogens is 478 g/mol. The number of hydrogen-bond donors (Lipinski definition) is 2. The van der Waals surface area contributed by atoms with Gasteiger partial charge in [-0.05, 0) is 36.4 Å². The van der Waals surface area contributed by atoms with Crippen LogP contribution in [0.1, 0.15) is 10.4 Å². The minimum atomic E-state index is -3.34. The Balaban J connectivity index is 1.76. The fourth-order valence-corrected chi connectivity index (χ4v) is 4.35. The summed E-state index contributed by atoms with van der Waals surface area (Å²) in [6.07, 6.45) is 1.11. The Hall–Kier alpha value is -2.01. The molecule has 2 aromatic carbocycles. The Morgan fingerprint density at radius 3 is 2.63 bits per heavy atom. The molecule has 1 heterocycles. The molecule has 0 spiro atoms. The molecule has 1 aromatic heterocycles. The molecule has 0 aliphatic rings. The minimum Gasteiger partial charge on any atom is -0.283 e. The Bertz CT molecular complexity index is 1180. The molecule has 2 N–H and O–H groups in total. The normalized spacial score (nSPS) is 11.4. The number of imide groups is 1. The topological polar surface area (TPSA) is 105 Å². The van der Waals surface area contributed by atoms with Crippen LogP contribution in [-0.2, 0) is 9.84 Å². The highest BCUT2D eigenvalue weighted by molar-refractivity contribution is 9.10. The van der Waals surface area contributed by atoms with Crippen molar-refractivity contribution >= 4 is 76.0 Å². The molecule has 7 nitrogen and oxygen atoms in total. The second kappa shape index (κ2) is 7.55. The van der Waals surface area contributed by atoms with E-state index in [2.05, 4.69) is 31.5 Å². The predicted molar refractivity (Wildman–Crippen MR) is 108 cm³/mol. The number of carbonyl (C=O) groups excluding carboxylic acids is 2. The summed E-state index contributed by atoms with van der Waals surface area (Å²) in [7, 11) is -3.34. The van der Waals surface area contributed by atoms with E-state index in [1.807, 2.05) is 0 Å². The van der Waals surface area contributed by atoms with E-state index in [0.717, 1.165) is 17.6 Å². The third kappa shape index (κ3) is 4.64. The number of aromatic nitrogens is 1. The van der Waals surface area contributed by atoms with Crippen molar-refractivity contribution in [1.29, 1.82) is 0 Å². The molecule has 3 rings (SSSR count). The standard InChI is InChI=1S/C16H11BrClN3O4S2/c1-27(24,25)9-3-5-12-13(7-9)26-16(19-12)21-15(23)20-14(22)10-6-8(17)2-4-11(10)18/h2-7H,1H3,(H2,19,20,21,22,23). The highest BCUT2D eigenvalue weighted by Gasteiger charge is 2.16.